The Balaban J connectivity index is 2.07. The van der Waals surface area contributed by atoms with Crippen molar-refractivity contribution >= 4 is 5.69 Å². The highest BCUT2D eigenvalue weighted by atomic mass is 19.1. The molecule has 3 rings (SSSR count). The van der Waals surface area contributed by atoms with Gasteiger partial charge in [-0.2, -0.15) is 0 Å². The molecule has 1 N–H and O–H groups in total. The van der Waals surface area contributed by atoms with Gasteiger partial charge >= 0.3 is 0 Å². The number of rotatable bonds is 5. The van der Waals surface area contributed by atoms with Crippen LogP contribution >= 0.6 is 0 Å². The molecule has 4 nitrogen and oxygen atoms in total. The lowest BCUT2D eigenvalue weighted by Gasteiger charge is -2.15. The van der Waals surface area contributed by atoms with E-state index >= 15 is 0 Å². The van der Waals surface area contributed by atoms with Gasteiger partial charge < -0.3 is 9.84 Å². The molecule has 0 heterocycles. The molecular weight excluding hydrogens is 321 g/mol. The van der Waals surface area contributed by atoms with Crippen LogP contribution in [0.25, 0.3) is 11.1 Å². The second-order valence-corrected chi connectivity index (χ2v) is 5.60. The molecule has 0 bridgehead atoms. The van der Waals surface area contributed by atoms with Gasteiger partial charge in [0.15, 0.2) is 0 Å². The van der Waals surface area contributed by atoms with Crippen LogP contribution in [-0.4, -0.2) is 12.2 Å². The summed E-state index contributed by atoms with van der Waals surface area (Å²) in [6.07, 6.45) is 0.439. The van der Waals surface area contributed by atoms with Gasteiger partial charge in [-0.15, -0.1) is 4.91 Å². The van der Waals surface area contributed by atoms with Crippen molar-refractivity contribution in [3.63, 3.8) is 0 Å². The Morgan fingerprint density at radius 2 is 1.84 bits per heavy atom. The van der Waals surface area contributed by atoms with Crippen LogP contribution in [0.1, 0.15) is 11.1 Å². The average Bonchev–Trinajstić information content (AvgIpc) is 2.65. The summed E-state index contributed by atoms with van der Waals surface area (Å²) in [5.74, 6) is 0.247. The summed E-state index contributed by atoms with van der Waals surface area (Å²) in [5.41, 5.74) is 2.94. The van der Waals surface area contributed by atoms with Crippen molar-refractivity contribution < 1.29 is 14.2 Å². The Morgan fingerprint density at radius 3 is 2.52 bits per heavy atom. The summed E-state index contributed by atoms with van der Waals surface area (Å²) < 4.78 is 18.4. The molecule has 0 aliphatic rings. The van der Waals surface area contributed by atoms with E-state index in [0.29, 0.717) is 28.9 Å². The van der Waals surface area contributed by atoms with Crippen molar-refractivity contribution in [3.05, 3.63) is 82.5 Å². The van der Waals surface area contributed by atoms with E-state index in [1.54, 1.807) is 48.5 Å². The van der Waals surface area contributed by atoms with E-state index in [-0.39, 0.29) is 17.3 Å². The van der Waals surface area contributed by atoms with E-state index in [2.05, 4.69) is 5.18 Å². The van der Waals surface area contributed by atoms with Crippen LogP contribution in [0, 0.1) is 10.7 Å². The Bertz CT molecular complexity index is 907. The molecular formula is C20H16FNO3. The maximum Gasteiger partial charge on any atom is 0.130 e. The van der Waals surface area contributed by atoms with E-state index in [0.717, 1.165) is 5.56 Å². The highest BCUT2D eigenvalue weighted by molar-refractivity contribution is 5.79. The summed E-state index contributed by atoms with van der Waals surface area (Å²) >= 11 is 0. The number of nitrogens with zero attached hydrogens (tertiary/aromatic N) is 1. The molecule has 0 radical (unpaired) electrons. The Labute approximate surface area is 144 Å². The third-order valence-corrected chi connectivity index (χ3v) is 3.99. The van der Waals surface area contributed by atoms with Gasteiger partial charge in [-0.05, 0) is 52.2 Å². The molecule has 0 atom stereocenters. The molecule has 0 fully saturated rings. The molecule has 5 heteroatoms. The van der Waals surface area contributed by atoms with Gasteiger partial charge in [-0.1, -0.05) is 30.3 Å². The monoisotopic (exact) mass is 337 g/mol. The number of ether oxygens (including phenoxy) is 1. The van der Waals surface area contributed by atoms with Crippen LogP contribution in [0.15, 0.2) is 65.8 Å². The predicted molar refractivity (Wildman–Crippen MR) is 94.8 cm³/mol. The Morgan fingerprint density at radius 1 is 1.08 bits per heavy atom. The SMILES string of the molecule is COc1ccc(Cc2ccc(F)cc2)c(O)c1-c1cccc(N=O)c1. The summed E-state index contributed by atoms with van der Waals surface area (Å²) in [6.45, 7) is 0. The van der Waals surface area contributed by atoms with E-state index in [9.17, 15) is 14.4 Å². The molecule has 0 saturated heterocycles. The van der Waals surface area contributed by atoms with Crippen molar-refractivity contribution in [3.8, 4) is 22.6 Å². The van der Waals surface area contributed by atoms with Crippen LogP contribution in [0.2, 0.25) is 0 Å². The van der Waals surface area contributed by atoms with E-state index < -0.39 is 0 Å². The Hall–Kier alpha value is -3.21. The third-order valence-electron chi connectivity index (χ3n) is 3.99. The fourth-order valence-electron chi connectivity index (χ4n) is 2.75. The fourth-order valence-corrected chi connectivity index (χ4v) is 2.75. The van der Waals surface area contributed by atoms with Gasteiger partial charge in [0.05, 0.1) is 12.7 Å². The first-order valence-corrected chi connectivity index (χ1v) is 7.69. The molecule has 3 aromatic carbocycles. The van der Waals surface area contributed by atoms with Gasteiger partial charge in [0, 0.05) is 6.42 Å². The molecule has 0 unspecified atom stereocenters. The number of hydrogen-bond donors (Lipinski definition) is 1. The second kappa shape index (κ2) is 7.13. The second-order valence-electron chi connectivity index (χ2n) is 5.60. The molecule has 0 saturated carbocycles. The molecule has 0 aromatic heterocycles. The van der Waals surface area contributed by atoms with Gasteiger partial charge in [0.2, 0.25) is 0 Å². The third kappa shape index (κ3) is 3.50. The van der Waals surface area contributed by atoms with Gasteiger partial charge in [0.1, 0.15) is 23.0 Å². The molecule has 126 valence electrons. The van der Waals surface area contributed by atoms with Gasteiger partial charge in [0.25, 0.3) is 0 Å². The van der Waals surface area contributed by atoms with Crippen LogP contribution in [0.5, 0.6) is 11.5 Å². The number of phenolic OH excluding ortho intramolecular Hbond substituents is 1. The van der Waals surface area contributed by atoms with Gasteiger partial charge in [-0.3, -0.25) is 0 Å². The first kappa shape index (κ1) is 16.6. The first-order chi connectivity index (χ1) is 12.1. The molecule has 3 aromatic rings. The molecule has 0 aliphatic carbocycles. The normalized spacial score (nSPS) is 10.5. The van der Waals surface area contributed by atoms with Crippen LogP contribution in [-0.2, 0) is 6.42 Å². The zero-order chi connectivity index (χ0) is 17.8. The lowest BCUT2D eigenvalue weighted by molar-refractivity contribution is 0.409. The zero-order valence-corrected chi connectivity index (χ0v) is 13.6. The standard InChI is InChI=1S/C20H16FNO3/c1-25-18-10-7-15(11-13-5-8-16(21)9-6-13)20(23)19(18)14-3-2-4-17(12-14)22-24/h2-10,12,23H,11H2,1H3. The van der Waals surface area contributed by atoms with Crippen molar-refractivity contribution in [2.75, 3.05) is 7.11 Å². The van der Waals surface area contributed by atoms with Crippen LogP contribution < -0.4 is 4.74 Å². The number of phenols is 1. The number of nitroso groups, excluding NO2 is 1. The van der Waals surface area contributed by atoms with Gasteiger partial charge in [-0.25, -0.2) is 4.39 Å². The van der Waals surface area contributed by atoms with E-state index in [4.69, 9.17) is 4.74 Å². The number of methoxy groups -OCH3 is 1. The number of hydrogen-bond acceptors (Lipinski definition) is 4. The average molecular weight is 337 g/mol. The molecule has 0 amide bonds. The van der Waals surface area contributed by atoms with E-state index in [1.807, 2.05) is 0 Å². The summed E-state index contributed by atoms with van der Waals surface area (Å²) in [4.78, 5) is 10.8. The van der Waals surface area contributed by atoms with Crippen LogP contribution in [0.3, 0.4) is 0 Å². The quantitative estimate of drug-likeness (QED) is 0.651. The lowest BCUT2D eigenvalue weighted by Crippen LogP contribution is -1.95. The minimum Gasteiger partial charge on any atom is -0.507 e. The minimum atomic E-state index is -0.304. The van der Waals surface area contributed by atoms with Crippen molar-refractivity contribution in [2.45, 2.75) is 6.42 Å². The maximum atomic E-state index is 13.1. The zero-order valence-electron chi connectivity index (χ0n) is 13.6. The number of benzene rings is 3. The maximum absolute atomic E-state index is 13.1. The van der Waals surface area contributed by atoms with Crippen LogP contribution in [0.4, 0.5) is 10.1 Å². The lowest BCUT2D eigenvalue weighted by atomic mass is 9.96. The largest absolute Gasteiger partial charge is 0.507 e. The predicted octanol–water partition coefficient (Wildman–Crippen LogP) is 5.20. The number of halogens is 1. The van der Waals surface area contributed by atoms with Crippen molar-refractivity contribution in [1.29, 1.82) is 0 Å². The highest BCUT2D eigenvalue weighted by Gasteiger charge is 2.16. The summed E-state index contributed by atoms with van der Waals surface area (Å²) in [5, 5.41) is 13.7. The highest BCUT2D eigenvalue weighted by Crippen LogP contribution is 2.41. The first-order valence-electron chi connectivity index (χ1n) is 7.69. The fraction of sp³-hybridized carbons (Fsp3) is 0.100. The topological polar surface area (TPSA) is 58.9 Å². The summed E-state index contributed by atoms with van der Waals surface area (Å²) in [7, 11) is 1.51. The Kier molecular flexibility index (Phi) is 4.75. The molecule has 25 heavy (non-hydrogen) atoms. The minimum absolute atomic E-state index is 0.0618. The number of aromatic hydroxyl groups is 1. The van der Waals surface area contributed by atoms with E-state index in [1.165, 1.54) is 19.2 Å². The molecule has 0 aliphatic heterocycles. The van der Waals surface area contributed by atoms with Crippen molar-refractivity contribution in [1.82, 2.24) is 0 Å². The smallest absolute Gasteiger partial charge is 0.130 e. The molecule has 0 spiro atoms. The van der Waals surface area contributed by atoms with Crippen molar-refractivity contribution in [2.24, 2.45) is 5.18 Å². The summed E-state index contributed by atoms with van der Waals surface area (Å²) in [6, 6.07) is 16.3.